The Labute approximate surface area is 176 Å². The lowest BCUT2D eigenvalue weighted by Gasteiger charge is -2.19. The van der Waals surface area contributed by atoms with E-state index in [4.69, 9.17) is 4.42 Å². The number of rotatable bonds is 5. The molecule has 2 heterocycles. The van der Waals surface area contributed by atoms with Crippen LogP contribution in [0.15, 0.2) is 69.6 Å². The molecule has 0 N–H and O–H groups in total. The molecule has 0 saturated carbocycles. The third-order valence-electron chi connectivity index (χ3n) is 4.68. The minimum atomic E-state index is -0.362. The van der Waals surface area contributed by atoms with Crippen molar-refractivity contribution in [3.63, 3.8) is 0 Å². The van der Waals surface area contributed by atoms with Crippen molar-refractivity contribution in [2.75, 3.05) is 29.6 Å². The summed E-state index contributed by atoms with van der Waals surface area (Å²) in [6, 6.07) is 15.4. The molecular formula is C21H16FN5O2S. The number of nitrogens with zero attached hydrogens (tertiary/aromatic N) is 5. The van der Waals surface area contributed by atoms with Gasteiger partial charge in [0.1, 0.15) is 23.3 Å². The third-order valence-corrected chi connectivity index (χ3v) is 5.50. The van der Waals surface area contributed by atoms with E-state index < -0.39 is 0 Å². The highest BCUT2D eigenvalue weighted by atomic mass is 32.2. The zero-order valence-corrected chi connectivity index (χ0v) is 17.0. The Morgan fingerprint density at radius 1 is 1.10 bits per heavy atom. The van der Waals surface area contributed by atoms with E-state index >= 15 is 0 Å². The van der Waals surface area contributed by atoms with Crippen molar-refractivity contribution >= 4 is 28.9 Å². The van der Waals surface area contributed by atoms with Crippen molar-refractivity contribution in [1.82, 2.24) is 10.2 Å². The third kappa shape index (κ3) is 3.53. The van der Waals surface area contributed by atoms with E-state index in [0.717, 1.165) is 23.1 Å². The Balaban J connectivity index is 1.51. The summed E-state index contributed by atoms with van der Waals surface area (Å²) >= 11 is 1.05. The van der Waals surface area contributed by atoms with Crippen LogP contribution in [0.25, 0.3) is 11.5 Å². The molecule has 7 nitrogen and oxygen atoms in total. The van der Waals surface area contributed by atoms with E-state index in [1.807, 2.05) is 54.2 Å². The molecule has 1 aliphatic heterocycles. The number of allylic oxidation sites excluding steroid dienone is 1. The van der Waals surface area contributed by atoms with Gasteiger partial charge in [0, 0.05) is 19.7 Å². The van der Waals surface area contributed by atoms with Gasteiger partial charge in [-0.25, -0.2) is 4.39 Å². The van der Waals surface area contributed by atoms with E-state index in [2.05, 4.69) is 10.2 Å². The molecule has 3 aromatic rings. The quantitative estimate of drug-likeness (QED) is 0.349. The Kier molecular flexibility index (Phi) is 5.25. The van der Waals surface area contributed by atoms with E-state index in [9.17, 15) is 14.4 Å². The van der Waals surface area contributed by atoms with Crippen LogP contribution in [0.4, 0.5) is 15.8 Å². The number of carbonyl (C=O) groups excluding carboxylic acids is 1. The summed E-state index contributed by atoms with van der Waals surface area (Å²) in [6.07, 6.45) is 0. The van der Waals surface area contributed by atoms with Crippen molar-refractivity contribution in [2.24, 2.45) is 0 Å². The average molecular weight is 421 g/mol. The van der Waals surface area contributed by atoms with Gasteiger partial charge in [-0.2, -0.15) is 5.26 Å². The van der Waals surface area contributed by atoms with Gasteiger partial charge in [-0.05, 0) is 36.4 Å². The summed E-state index contributed by atoms with van der Waals surface area (Å²) in [6.45, 7) is 0. The zero-order valence-electron chi connectivity index (χ0n) is 16.2. The van der Waals surface area contributed by atoms with Crippen molar-refractivity contribution in [1.29, 1.82) is 5.26 Å². The van der Waals surface area contributed by atoms with Crippen molar-refractivity contribution in [3.8, 4) is 17.5 Å². The van der Waals surface area contributed by atoms with Crippen LogP contribution < -0.4 is 9.80 Å². The number of para-hydroxylation sites is 2. The lowest BCUT2D eigenvalue weighted by molar-refractivity contribution is -0.112. The van der Waals surface area contributed by atoms with Gasteiger partial charge in [0.2, 0.25) is 5.89 Å². The van der Waals surface area contributed by atoms with Crippen LogP contribution in [0.1, 0.15) is 0 Å². The molecule has 0 amide bonds. The van der Waals surface area contributed by atoms with Crippen LogP contribution in [0.5, 0.6) is 0 Å². The van der Waals surface area contributed by atoms with E-state index in [1.54, 1.807) is 0 Å². The Bertz CT molecular complexity index is 1150. The highest BCUT2D eigenvalue weighted by molar-refractivity contribution is 7.99. The predicted octanol–water partition coefficient (Wildman–Crippen LogP) is 3.86. The zero-order chi connectivity index (χ0) is 21.3. The number of fused-ring (bicyclic) bond motifs is 1. The van der Waals surface area contributed by atoms with Gasteiger partial charge < -0.3 is 14.2 Å². The standard InChI is InChI=1S/C21H16FN5O2S/c1-26-16-5-3-4-6-17(16)27(2)20(26)15(11-23)18(28)12-30-21-25-24-19(29-21)13-7-9-14(22)10-8-13/h3-10H,12H2,1-2H3. The Morgan fingerprint density at radius 3 is 2.33 bits per heavy atom. The predicted molar refractivity (Wildman–Crippen MR) is 111 cm³/mol. The molecule has 150 valence electrons. The van der Waals surface area contributed by atoms with Crippen LogP contribution in [-0.4, -0.2) is 35.8 Å². The fraction of sp³-hybridized carbons (Fsp3) is 0.143. The smallest absolute Gasteiger partial charge is 0.277 e. The molecule has 2 aromatic carbocycles. The first kappa shape index (κ1) is 19.7. The van der Waals surface area contributed by atoms with E-state index in [1.165, 1.54) is 24.3 Å². The highest BCUT2D eigenvalue weighted by Crippen LogP contribution is 2.40. The molecular weight excluding hydrogens is 405 g/mol. The van der Waals surface area contributed by atoms with E-state index in [0.29, 0.717) is 11.4 Å². The molecule has 0 aliphatic carbocycles. The molecule has 0 spiro atoms. The molecule has 1 aliphatic rings. The summed E-state index contributed by atoms with van der Waals surface area (Å²) in [7, 11) is 3.64. The topological polar surface area (TPSA) is 86.3 Å². The number of benzene rings is 2. The molecule has 0 bridgehead atoms. The van der Waals surface area contributed by atoms with E-state index in [-0.39, 0.29) is 34.0 Å². The summed E-state index contributed by atoms with van der Waals surface area (Å²) in [4.78, 5) is 16.5. The normalized spacial score (nSPS) is 12.7. The van der Waals surface area contributed by atoms with Gasteiger partial charge in [0.15, 0.2) is 5.78 Å². The molecule has 30 heavy (non-hydrogen) atoms. The lowest BCUT2D eigenvalue weighted by Crippen LogP contribution is -2.26. The number of hydrogen-bond acceptors (Lipinski definition) is 8. The fourth-order valence-corrected chi connectivity index (χ4v) is 3.87. The summed E-state index contributed by atoms with van der Waals surface area (Å²) in [5, 5.41) is 17.7. The number of hydrogen-bond donors (Lipinski definition) is 0. The van der Waals surface area contributed by atoms with Gasteiger partial charge in [-0.1, -0.05) is 23.9 Å². The van der Waals surface area contributed by atoms with Crippen LogP contribution in [0.2, 0.25) is 0 Å². The van der Waals surface area contributed by atoms with Crippen LogP contribution in [0.3, 0.4) is 0 Å². The maximum Gasteiger partial charge on any atom is 0.277 e. The summed E-state index contributed by atoms with van der Waals surface area (Å²) < 4.78 is 18.6. The largest absolute Gasteiger partial charge is 0.411 e. The molecule has 4 rings (SSSR count). The second-order valence-corrected chi connectivity index (χ2v) is 7.44. The summed E-state index contributed by atoms with van der Waals surface area (Å²) in [5.74, 6) is 0.0246. The van der Waals surface area contributed by atoms with Crippen LogP contribution in [0, 0.1) is 17.1 Å². The minimum Gasteiger partial charge on any atom is -0.411 e. The first-order chi connectivity index (χ1) is 14.5. The summed E-state index contributed by atoms with van der Waals surface area (Å²) in [5.41, 5.74) is 2.48. The second kappa shape index (κ2) is 8.00. The first-order valence-electron chi connectivity index (χ1n) is 8.96. The molecule has 9 heteroatoms. The number of anilines is 2. The van der Waals surface area contributed by atoms with Crippen LogP contribution in [-0.2, 0) is 4.79 Å². The van der Waals surface area contributed by atoms with Crippen molar-refractivity contribution < 1.29 is 13.6 Å². The molecule has 0 unspecified atom stereocenters. The number of thioether (sulfide) groups is 1. The van der Waals surface area contributed by atoms with Gasteiger partial charge in [0.05, 0.1) is 17.1 Å². The average Bonchev–Trinajstić information content (AvgIpc) is 3.33. The van der Waals surface area contributed by atoms with Crippen molar-refractivity contribution in [2.45, 2.75) is 5.22 Å². The Morgan fingerprint density at radius 2 is 1.73 bits per heavy atom. The maximum atomic E-state index is 13.1. The number of carbonyl (C=O) groups is 1. The first-order valence-corrected chi connectivity index (χ1v) is 9.94. The number of ketones is 1. The van der Waals surface area contributed by atoms with Gasteiger partial charge in [-0.15, -0.1) is 10.2 Å². The fourth-order valence-electron chi connectivity index (χ4n) is 3.23. The maximum absolute atomic E-state index is 13.1. The monoisotopic (exact) mass is 421 g/mol. The van der Waals surface area contributed by atoms with Gasteiger partial charge >= 0.3 is 0 Å². The minimum absolute atomic E-state index is 0.0323. The molecule has 0 atom stereocenters. The molecule has 1 aromatic heterocycles. The van der Waals surface area contributed by atoms with Crippen molar-refractivity contribution in [3.05, 3.63) is 65.7 Å². The van der Waals surface area contributed by atoms with Gasteiger partial charge in [-0.3, -0.25) is 4.79 Å². The highest BCUT2D eigenvalue weighted by Gasteiger charge is 2.31. The van der Waals surface area contributed by atoms with Gasteiger partial charge in [0.25, 0.3) is 5.22 Å². The SMILES string of the molecule is CN1C(=C(C#N)C(=O)CSc2nnc(-c3ccc(F)cc3)o2)N(C)c2ccccc21. The number of nitriles is 1. The Hall–Kier alpha value is -3.64. The molecule has 0 radical (unpaired) electrons. The number of halogens is 1. The molecule has 0 saturated heterocycles. The number of aromatic nitrogens is 2. The number of Topliss-reactive ketones (excluding diaryl/α,β-unsaturated/α-hetero) is 1. The lowest BCUT2D eigenvalue weighted by atomic mass is 10.2. The van der Waals surface area contributed by atoms with Crippen LogP contribution >= 0.6 is 11.8 Å². The second-order valence-electron chi connectivity index (χ2n) is 6.51. The molecule has 0 fully saturated rings.